The lowest BCUT2D eigenvalue weighted by Crippen LogP contribution is -2.23. The van der Waals surface area contributed by atoms with E-state index in [1.54, 1.807) is 11.6 Å². The molecule has 0 spiro atoms. The Labute approximate surface area is 163 Å². The van der Waals surface area contributed by atoms with Gasteiger partial charge in [-0.3, -0.25) is 4.79 Å². The predicted octanol–water partition coefficient (Wildman–Crippen LogP) is 3.32. The Morgan fingerprint density at radius 1 is 1.11 bits per heavy atom. The zero-order valence-corrected chi connectivity index (χ0v) is 16.3. The number of nitrogens with zero attached hydrogens (tertiary/aromatic N) is 3. The Morgan fingerprint density at radius 3 is 2.59 bits per heavy atom. The van der Waals surface area contributed by atoms with Gasteiger partial charge < -0.3 is 15.5 Å². The average Bonchev–Trinajstić information content (AvgIpc) is 3.14. The van der Waals surface area contributed by atoms with Crippen molar-refractivity contribution >= 4 is 28.2 Å². The number of nitrogens with one attached hydrogen (secondary N) is 2. The minimum absolute atomic E-state index is 0.183. The molecule has 2 heterocycles. The molecule has 0 atom stereocenters. The smallest absolute Gasteiger partial charge is 0.271 e. The lowest BCUT2D eigenvalue weighted by Gasteiger charge is -2.10. The highest BCUT2D eigenvalue weighted by atomic mass is 32.1. The van der Waals surface area contributed by atoms with Crippen LogP contribution in [0.25, 0.3) is 0 Å². The molecule has 2 aromatic heterocycles. The molecule has 27 heavy (non-hydrogen) atoms. The fourth-order valence-corrected chi connectivity index (χ4v) is 3.13. The molecule has 3 aromatic rings. The molecule has 3 rings (SSSR count). The molecule has 6 nitrogen and oxygen atoms in total. The van der Waals surface area contributed by atoms with Crippen molar-refractivity contribution in [2.24, 2.45) is 0 Å². The summed E-state index contributed by atoms with van der Waals surface area (Å²) >= 11 is 1.38. The van der Waals surface area contributed by atoms with Crippen molar-refractivity contribution in [2.45, 2.75) is 13.0 Å². The number of hydrogen-bond acceptors (Lipinski definition) is 6. The van der Waals surface area contributed by atoms with Gasteiger partial charge >= 0.3 is 0 Å². The highest BCUT2D eigenvalue weighted by molar-refractivity contribution is 7.14. The summed E-state index contributed by atoms with van der Waals surface area (Å²) in [6.45, 7) is 1.50. The van der Waals surface area contributed by atoms with E-state index in [1.165, 1.54) is 16.9 Å². The first kappa shape index (κ1) is 19.0. The minimum Gasteiger partial charge on any atom is -0.347 e. The average molecular weight is 382 g/mol. The fourth-order valence-electron chi connectivity index (χ4n) is 2.43. The maximum atomic E-state index is 12.3. The van der Waals surface area contributed by atoms with Crippen molar-refractivity contribution in [1.82, 2.24) is 20.2 Å². The van der Waals surface area contributed by atoms with Gasteiger partial charge in [0.2, 0.25) is 0 Å². The SMILES string of the molecule is CN(C)CCc1ccc(CNC(=O)c2csc(Nc3ccccn3)n2)cc1. The molecule has 0 fully saturated rings. The third-order valence-corrected chi connectivity index (χ3v) is 4.72. The van der Waals surface area contributed by atoms with Crippen molar-refractivity contribution in [3.05, 3.63) is 70.9 Å². The van der Waals surface area contributed by atoms with Crippen LogP contribution in [0.3, 0.4) is 0 Å². The van der Waals surface area contributed by atoms with E-state index in [9.17, 15) is 4.79 Å². The molecule has 0 aliphatic heterocycles. The number of benzene rings is 1. The number of carbonyl (C=O) groups excluding carboxylic acids is 1. The Balaban J connectivity index is 1.50. The van der Waals surface area contributed by atoms with Crippen LogP contribution in [-0.2, 0) is 13.0 Å². The summed E-state index contributed by atoms with van der Waals surface area (Å²) in [5.74, 6) is 0.519. The summed E-state index contributed by atoms with van der Waals surface area (Å²) < 4.78 is 0. The van der Waals surface area contributed by atoms with Gasteiger partial charge in [0.1, 0.15) is 11.5 Å². The van der Waals surface area contributed by atoms with Crippen LogP contribution >= 0.6 is 11.3 Å². The summed E-state index contributed by atoms with van der Waals surface area (Å²) in [7, 11) is 4.14. The van der Waals surface area contributed by atoms with Gasteiger partial charge in [-0.15, -0.1) is 11.3 Å². The molecular weight excluding hydrogens is 358 g/mol. The van der Waals surface area contributed by atoms with Gasteiger partial charge in [0, 0.05) is 24.7 Å². The van der Waals surface area contributed by atoms with Crippen molar-refractivity contribution in [3.8, 4) is 0 Å². The first-order valence-electron chi connectivity index (χ1n) is 8.74. The molecule has 0 bridgehead atoms. The fraction of sp³-hybridized carbons (Fsp3) is 0.250. The van der Waals surface area contributed by atoms with Crippen LogP contribution in [0.2, 0.25) is 0 Å². The van der Waals surface area contributed by atoms with Crippen molar-refractivity contribution in [2.75, 3.05) is 26.0 Å². The van der Waals surface area contributed by atoms with Gasteiger partial charge in [0.05, 0.1) is 0 Å². The van der Waals surface area contributed by atoms with E-state index in [1.807, 2.05) is 18.2 Å². The summed E-state index contributed by atoms with van der Waals surface area (Å²) in [5, 5.41) is 8.39. The van der Waals surface area contributed by atoms with Crippen molar-refractivity contribution in [3.63, 3.8) is 0 Å². The predicted molar refractivity (Wildman–Crippen MR) is 110 cm³/mol. The molecule has 1 aromatic carbocycles. The highest BCUT2D eigenvalue weighted by Crippen LogP contribution is 2.19. The number of aromatic nitrogens is 2. The second-order valence-electron chi connectivity index (χ2n) is 6.43. The van der Waals surface area contributed by atoms with Crippen LogP contribution in [0.5, 0.6) is 0 Å². The molecule has 1 amide bonds. The van der Waals surface area contributed by atoms with E-state index in [4.69, 9.17) is 0 Å². The van der Waals surface area contributed by atoms with E-state index in [-0.39, 0.29) is 5.91 Å². The van der Waals surface area contributed by atoms with E-state index in [2.05, 4.69) is 63.9 Å². The van der Waals surface area contributed by atoms with E-state index >= 15 is 0 Å². The number of rotatable bonds is 8. The van der Waals surface area contributed by atoms with Crippen LogP contribution in [0, 0.1) is 0 Å². The Morgan fingerprint density at radius 2 is 1.89 bits per heavy atom. The molecule has 7 heteroatoms. The van der Waals surface area contributed by atoms with Crippen LogP contribution in [0.15, 0.2) is 54.0 Å². The molecule has 2 N–H and O–H groups in total. The monoisotopic (exact) mass is 381 g/mol. The van der Waals surface area contributed by atoms with Gasteiger partial charge in [-0.05, 0) is 43.8 Å². The maximum Gasteiger partial charge on any atom is 0.271 e. The summed E-state index contributed by atoms with van der Waals surface area (Å²) in [6, 6.07) is 13.9. The number of thiazole rings is 1. The van der Waals surface area contributed by atoms with Crippen LogP contribution in [0.1, 0.15) is 21.6 Å². The second kappa shape index (κ2) is 9.25. The zero-order chi connectivity index (χ0) is 19.1. The quantitative estimate of drug-likeness (QED) is 0.626. The molecule has 0 saturated heterocycles. The van der Waals surface area contributed by atoms with Crippen molar-refractivity contribution in [1.29, 1.82) is 0 Å². The number of amides is 1. The summed E-state index contributed by atoms with van der Waals surface area (Å²) in [6.07, 6.45) is 2.72. The van der Waals surface area contributed by atoms with Gasteiger partial charge in [-0.2, -0.15) is 0 Å². The number of pyridine rings is 1. The molecule has 0 radical (unpaired) electrons. The zero-order valence-electron chi connectivity index (χ0n) is 15.5. The first-order chi connectivity index (χ1) is 13.1. The lowest BCUT2D eigenvalue weighted by atomic mass is 10.1. The van der Waals surface area contributed by atoms with Crippen LogP contribution in [-0.4, -0.2) is 41.4 Å². The molecular formula is C20H23N5OS. The number of likely N-dealkylation sites (N-methyl/N-ethyl adjacent to an activating group) is 1. The highest BCUT2D eigenvalue weighted by Gasteiger charge is 2.11. The first-order valence-corrected chi connectivity index (χ1v) is 9.62. The third-order valence-electron chi connectivity index (χ3n) is 3.96. The van der Waals surface area contributed by atoms with E-state index < -0.39 is 0 Å². The van der Waals surface area contributed by atoms with Gasteiger partial charge in [0.25, 0.3) is 5.91 Å². The maximum absolute atomic E-state index is 12.3. The molecule has 140 valence electrons. The molecule has 0 saturated carbocycles. The molecule has 0 unspecified atom stereocenters. The normalized spacial score (nSPS) is 10.8. The largest absolute Gasteiger partial charge is 0.347 e. The number of carbonyl (C=O) groups is 1. The Bertz CT molecular complexity index is 862. The van der Waals surface area contributed by atoms with Gasteiger partial charge in [-0.1, -0.05) is 30.3 Å². The Kier molecular flexibility index (Phi) is 6.51. The summed E-state index contributed by atoms with van der Waals surface area (Å²) in [5.41, 5.74) is 2.77. The lowest BCUT2D eigenvalue weighted by molar-refractivity contribution is 0.0946. The van der Waals surface area contributed by atoms with Gasteiger partial charge in [0.15, 0.2) is 5.13 Å². The summed E-state index contributed by atoms with van der Waals surface area (Å²) in [4.78, 5) is 23.0. The second-order valence-corrected chi connectivity index (χ2v) is 7.29. The van der Waals surface area contributed by atoms with Crippen LogP contribution in [0.4, 0.5) is 10.9 Å². The molecule has 0 aliphatic carbocycles. The number of hydrogen-bond donors (Lipinski definition) is 2. The standard InChI is InChI=1S/C20H23N5OS/c1-25(2)12-10-15-6-8-16(9-7-15)13-22-19(26)17-14-27-20(23-17)24-18-5-3-4-11-21-18/h3-9,11,14H,10,12-13H2,1-2H3,(H,22,26)(H,21,23,24). The third kappa shape index (κ3) is 5.87. The van der Waals surface area contributed by atoms with E-state index in [0.717, 1.165) is 18.5 Å². The van der Waals surface area contributed by atoms with E-state index in [0.29, 0.717) is 23.2 Å². The topological polar surface area (TPSA) is 70.2 Å². The number of anilines is 2. The molecule has 0 aliphatic rings. The van der Waals surface area contributed by atoms with Gasteiger partial charge in [-0.25, -0.2) is 9.97 Å². The Hall–Kier alpha value is -2.77. The van der Waals surface area contributed by atoms with Crippen molar-refractivity contribution < 1.29 is 4.79 Å². The van der Waals surface area contributed by atoms with Crippen LogP contribution < -0.4 is 10.6 Å². The minimum atomic E-state index is -0.183.